The molecule has 1 saturated heterocycles. The number of cyclic esters (lactones) is 1. The van der Waals surface area contributed by atoms with E-state index in [4.69, 9.17) is 4.74 Å². The van der Waals surface area contributed by atoms with Crippen molar-refractivity contribution >= 4 is 12.0 Å². The fourth-order valence-electron chi connectivity index (χ4n) is 3.00. The smallest absolute Gasteiger partial charge is 0.415 e. The molecule has 0 saturated carbocycles. The van der Waals surface area contributed by atoms with Gasteiger partial charge in [-0.3, -0.25) is 10.1 Å². The summed E-state index contributed by atoms with van der Waals surface area (Å²) in [5.41, 5.74) is 2.70. The molecular weight excluding hydrogens is 334 g/mol. The summed E-state index contributed by atoms with van der Waals surface area (Å²) in [5, 5.41) is 11.8. The highest BCUT2D eigenvalue weighted by Gasteiger charge is 2.38. The largest absolute Gasteiger partial charge is 0.508 e. The van der Waals surface area contributed by atoms with Gasteiger partial charge in [-0.1, -0.05) is 42.5 Å². The van der Waals surface area contributed by atoms with Crippen molar-refractivity contribution in [2.45, 2.75) is 12.6 Å². The number of phenolic OH excluding ortho intramolecular Hbond substituents is 1. The molecule has 0 aliphatic carbocycles. The van der Waals surface area contributed by atoms with Crippen molar-refractivity contribution in [1.29, 1.82) is 0 Å². The van der Waals surface area contributed by atoms with Crippen LogP contribution in [0.4, 0.5) is 4.79 Å². The third-order valence-corrected chi connectivity index (χ3v) is 4.13. The summed E-state index contributed by atoms with van der Waals surface area (Å²) in [7, 11) is 0. The number of imide groups is 1. The monoisotopic (exact) mass is 349 g/mol. The van der Waals surface area contributed by atoms with Crippen LogP contribution in [0.15, 0.2) is 60.9 Å². The van der Waals surface area contributed by atoms with Gasteiger partial charge < -0.3 is 14.4 Å². The van der Waals surface area contributed by atoms with Crippen molar-refractivity contribution in [2.24, 2.45) is 0 Å². The zero-order valence-electron chi connectivity index (χ0n) is 13.6. The van der Waals surface area contributed by atoms with E-state index in [-0.39, 0.29) is 5.75 Å². The lowest BCUT2D eigenvalue weighted by Crippen LogP contribution is -2.22. The SMILES string of the molecule is O=C1NC(=O)C(c2c(-c3ccccc3)ncn2Cc2cccc(O)c2)O1. The van der Waals surface area contributed by atoms with Crippen molar-refractivity contribution < 1.29 is 19.4 Å². The van der Waals surface area contributed by atoms with Crippen LogP contribution in [-0.2, 0) is 16.1 Å². The Hall–Kier alpha value is -3.61. The minimum absolute atomic E-state index is 0.150. The third kappa shape index (κ3) is 2.90. The van der Waals surface area contributed by atoms with Crippen molar-refractivity contribution in [1.82, 2.24) is 14.9 Å². The standard InChI is InChI=1S/C19H15N3O4/c23-14-8-4-5-12(9-14)10-22-11-20-15(13-6-2-1-3-7-13)16(22)17-18(24)21-19(25)26-17/h1-9,11,17,23H,10H2,(H,21,24,25). The van der Waals surface area contributed by atoms with Crippen LogP contribution in [0, 0.1) is 0 Å². The van der Waals surface area contributed by atoms with E-state index >= 15 is 0 Å². The van der Waals surface area contributed by atoms with Gasteiger partial charge in [0.25, 0.3) is 5.91 Å². The Labute approximate surface area is 148 Å². The van der Waals surface area contributed by atoms with E-state index in [1.165, 1.54) is 0 Å². The summed E-state index contributed by atoms with van der Waals surface area (Å²) >= 11 is 0. The number of benzene rings is 2. The van der Waals surface area contributed by atoms with Gasteiger partial charge in [-0.15, -0.1) is 0 Å². The Morgan fingerprint density at radius 2 is 1.92 bits per heavy atom. The number of nitrogens with one attached hydrogen (secondary N) is 1. The van der Waals surface area contributed by atoms with Crippen LogP contribution < -0.4 is 5.32 Å². The number of rotatable bonds is 4. The quantitative estimate of drug-likeness (QED) is 0.755. The fraction of sp³-hybridized carbons (Fsp3) is 0.105. The number of aromatic hydroxyl groups is 1. The Kier molecular flexibility index (Phi) is 3.89. The van der Waals surface area contributed by atoms with Gasteiger partial charge in [-0.25, -0.2) is 9.78 Å². The second-order valence-electron chi connectivity index (χ2n) is 5.92. The average Bonchev–Trinajstić information content (AvgIpc) is 3.18. The lowest BCUT2D eigenvalue weighted by Gasteiger charge is -2.14. The first-order valence-electron chi connectivity index (χ1n) is 8.01. The number of alkyl carbamates (subject to hydrolysis) is 1. The molecule has 1 atom stereocenters. The molecule has 2 aromatic carbocycles. The lowest BCUT2D eigenvalue weighted by atomic mass is 10.1. The van der Waals surface area contributed by atoms with Crippen molar-refractivity contribution in [3.05, 3.63) is 72.2 Å². The number of carbonyl (C=O) groups is 2. The topological polar surface area (TPSA) is 93.5 Å². The highest BCUT2D eigenvalue weighted by molar-refractivity contribution is 6.01. The summed E-state index contributed by atoms with van der Waals surface area (Å²) in [6, 6.07) is 16.2. The molecule has 0 radical (unpaired) electrons. The van der Waals surface area contributed by atoms with Gasteiger partial charge in [0.15, 0.2) is 0 Å². The minimum atomic E-state index is -1.07. The molecule has 1 aliphatic heterocycles. The fourth-order valence-corrected chi connectivity index (χ4v) is 3.00. The molecule has 0 bridgehead atoms. The predicted molar refractivity (Wildman–Crippen MR) is 92.2 cm³/mol. The molecule has 1 unspecified atom stereocenters. The Morgan fingerprint density at radius 3 is 2.62 bits per heavy atom. The zero-order chi connectivity index (χ0) is 18.1. The first-order chi connectivity index (χ1) is 12.6. The van der Waals surface area contributed by atoms with E-state index in [1.54, 1.807) is 29.1 Å². The van der Waals surface area contributed by atoms with Crippen LogP contribution in [0.2, 0.25) is 0 Å². The summed E-state index contributed by atoms with van der Waals surface area (Å²) in [6.45, 7) is 0.366. The van der Waals surface area contributed by atoms with Crippen LogP contribution in [-0.4, -0.2) is 26.7 Å². The Morgan fingerprint density at radius 1 is 1.12 bits per heavy atom. The second-order valence-corrected chi connectivity index (χ2v) is 5.92. The number of imidazole rings is 1. The van der Waals surface area contributed by atoms with Gasteiger partial charge in [-0.2, -0.15) is 0 Å². The van der Waals surface area contributed by atoms with E-state index < -0.39 is 18.1 Å². The molecule has 26 heavy (non-hydrogen) atoms. The van der Waals surface area contributed by atoms with Gasteiger partial charge in [0, 0.05) is 12.1 Å². The Bertz CT molecular complexity index is 981. The maximum Gasteiger partial charge on any atom is 0.415 e. The highest BCUT2D eigenvalue weighted by atomic mass is 16.6. The van der Waals surface area contributed by atoms with Crippen LogP contribution in [0.25, 0.3) is 11.3 Å². The number of amides is 2. The molecule has 2 heterocycles. The molecular formula is C19H15N3O4. The highest BCUT2D eigenvalue weighted by Crippen LogP contribution is 2.32. The maximum absolute atomic E-state index is 12.2. The number of hydrogen-bond acceptors (Lipinski definition) is 5. The average molecular weight is 349 g/mol. The van der Waals surface area contributed by atoms with Gasteiger partial charge in [0.1, 0.15) is 5.75 Å². The van der Waals surface area contributed by atoms with E-state index in [0.717, 1.165) is 11.1 Å². The summed E-state index contributed by atoms with van der Waals surface area (Å²) in [4.78, 5) is 28.1. The third-order valence-electron chi connectivity index (χ3n) is 4.13. The van der Waals surface area contributed by atoms with Gasteiger partial charge in [0.2, 0.25) is 6.10 Å². The molecule has 2 amide bonds. The van der Waals surface area contributed by atoms with Crippen molar-refractivity contribution in [3.8, 4) is 17.0 Å². The van der Waals surface area contributed by atoms with Gasteiger partial charge in [0.05, 0.1) is 17.7 Å². The molecule has 4 rings (SSSR count). The van der Waals surface area contributed by atoms with Crippen molar-refractivity contribution in [3.63, 3.8) is 0 Å². The predicted octanol–water partition coefficient (Wildman–Crippen LogP) is 2.61. The van der Waals surface area contributed by atoms with Gasteiger partial charge in [-0.05, 0) is 17.7 Å². The number of phenols is 1. The Balaban J connectivity index is 1.80. The van der Waals surface area contributed by atoms with Crippen LogP contribution in [0.1, 0.15) is 17.4 Å². The van der Waals surface area contributed by atoms with E-state index in [0.29, 0.717) is 17.9 Å². The van der Waals surface area contributed by atoms with Crippen LogP contribution in [0.3, 0.4) is 0 Å². The normalized spacial score (nSPS) is 16.4. The zero-order valence-corrected chi connectivity index (χ0v) is 13.6. The number of hydrogen-bond donors (Lipinski definition) is 2. The molecule has 130 valence electrons. The minimum Gasteiger partial charge on any atom is -0.508 e. The van der Waals surface area contributed by atoms with Crippen LogP contribution in [0.5, 0.6) is 5.75 Å². The lowest BCUT2D eigenvalue weighted by molar-refractivity contribution is -0.123. The van der Waals surface area contributed by atoms with Crippen LogP contribution >= 0.6 is 0 Å². The summed E-state index contributed by atoms with van der Waals surface area (Å²) in [6.07, 6.45) is -0.247. The molecule has 7 heteroatoms. The summed E-state index contributed by atoms with van der Waals surface area (Å²) < 4.78 is 6.92. The second kappa shape index (κ2) is 6.36. The van der Waals surface area contributed by atoms with E-state index in [2.05, 4.69) is 10.3 Å². The molecule has 2 N–H and O–H groups in total. The number of ether oxygens (including phenoxy) is 1. The maximum atomic E-state index is 12.2. The van der Waals surface area contributed by atoms with E-state index in [1.807, 2.05) is 36.4 Å². The first-order valence-corrected chi connectivity index (χ1v) is 8.01. The molecule has 0 spiro atoms. The summed E-state index contributed by atoms with van der Waals surface area (Å²) in [5.74, 6) is -0.373. The molecule has 1 fully saturated rings. The molecule has 1 aliphatic rings. The number of nitrogens with zero attached hydrogens (tertiary/aromatic N) is 2. The van der Waals surface area contributed by atoms with Crippen molar-refractivity contribution in [2.75, 3.05) is 0 Å². The molecule has 1 aromatic heterocycles. The molecule has 7 nitrogen and oxygen atoms in total. The van der Waals surface area contributed by atoms with Gasteiger partial charge >= 0.3 is 6.09 Å². The molecule has 3 aromatic rings. The number of aromatic nitrogens is 2. The first kappa shape index (κ1) is 15.9. The van der Waals surface area contributed by atoms with E-state index in [9.17, 15) is 14.7 Å². The number of carbonyl (C=O) groups excluding carboxylic acids is 2.